The van der Waals surface area contributed by atoms with Gasteiger partial charge in [-0.3, -0.25) is 14.4 Å². The van der Waals surface area contributed by atoms with Gasteiger partial charge in [0, 0.05) is 26.0 Å². The molecule has 2 aliphatic heterocycles. The summed E-state index contributed by atoms with van der Waals surface area (Å²) in [5.74, 6) is 1.20. The number of ether oxygens (including phenoxy) is 4. The Bertz CT molecular complexity index is 1140. The average Bonchev–Trinajstić information content (AvgIpc) is 3.20. The van der Waals surface area contributed by atoms with Crippen LogP contribution in [0.4, 0.5) is 0 Å². The van der Waals surface area contributed by atoms with Gasteiger partial charge in [0.05, 0.1) is 32.7 Å². The number of fused-ring (bicyclic) bond motifs is 1. The number of esters is 1. The fourth-order valence-corrected chi connectivity index (χ4v) is 4.16. The number of rotatable bonds is 5. The van der Waals surface area contributed by atoms with Crippen LogP contribution in [0.5, 0.6) is 23.0 Å². The number of hydrogen-bond acceptors (Lipinski definition) is 7. The maximum absolute atomic E-state index is 12.8. The summed E-state index contributed by atoms with van der Waals surface area (Å²) in [6.07, 6.45) is 3.94. The van der Waals surface area contributed by atoms with Crippen molar-refractivity contribution >= 4 is 23.7 Å². The number of carbonyl (C=O) groups excluding carboxylic acids is 3. The molecule has 1 unspecified atom stereocenters. The van der Waals surface area contributed by atoms with E-state index < -0.39 is 11.6 Å². The van der Waals surface area contributed by atoms with E-state index in [9.17, 15) is 14.4 Å². The van der Waals surface area contributed by atoms with E-state index in [-0.39, 0.29) is 18.1 Å². The lowest BCUT2D eigenvalue weighted by Crippen LogP contribution is -2.45. The lowest BCUT2D eigenvalue weighted by Gasteiger charge is -2.34. The number of ketones is 1. The molecule has 0 aliphatic carbocycles. The van der Waals surface area contributed by atoms with E-state index >= 15 is 0 Å². The Morgan fingerprint density at radius 2 is 1.91 bits per heavy atom. The third-order valence-corrected chi connectivity index (χ3v) is 5.78. The zero-order chi connectivity index (χ0) is 23.6. The Labute approximate surface area is 191 Å². The van der Waals surface area contributed by atoms with Gasteiger partial charge in [-0.05, 0) is 42.0 Å². The van der Waals surface area contributed by atoms with Crippen LogP contribution in [0.1, 0.15) is 35.7 Å². The van der Waals surface area contributed by atoms with Gasteiger partial charge in [0.1, 0.15) is 17.1 Å². The molecule has 2 aliphatic rings. The maximum Gasteiger partial charge on any atom is 0.308 e. The second-order valence-electron chi connectivity index (χ2n) is 8.09. The summed E-state index contributed by atoms with van der Waals surface area (Å²) in [6.45, 7) is 2.15. The molecular formula is C25H25NO7. The summed E-state index contributed by atoms with van der Waals surface area (Å²) in [5, 5.41) is 0. The van der Waals surface area contributed by atoms with Crippen molar-refractivity contribution in [2.75, 3.05) is 27.3 Å². The summed E-state index contributed by atoms with van der Waals surface area (Å²) in [6, 6.07) is 10.2. The van der Waals surface area contributed by atoms with Gasteiger partial charge in [0.15, 0.2) is 17.3 Å². The zero-order valence-corrected chi connectivity index (χ0v) is 18.8. The van der Waals surface area contributed by atoms with Gasteiger partial charge in [-0.2, -0.15) is 0 Å². The van der Waals surface area contributed by atoms with Crippen molar-refractivity contribution in [2.24, 2.45) is 0 Å². The number of nitrogens with zero attached hydrogens (tertiary/aromatic N) is 1. The largest absolute Gasteiger partial charge is 0.497 e. The summed E-state index contributed by atoms with van der Waals surface area (Å²) < 4.78 is 21.8. The molecule has 33 heavy (non-hydrogen) atoms. The molecule has 0 radical (unpaired) electrons. The smallest absolute Gasteiger partial charge is 0.308 e. The van der Waals surface area contributed by atoms with Crippen molar-refractivity contribution in [1.82, 2.24) is 4.90 Å². The lowest BCUT2D eigenvalue weighted by atomic mass is 9.89. The van der Waals surface area contributed by atoms with E-state index in [1.807, 2.05) is 0 Å². The average molecular weight is 451 g/mol. The van der Waals surface area contributed by atoms with E-state index in [2.05, 4.69) is 0 Å². The highest BCUT2D eigenvalue weighted by Crippen LogP contribution is 2.40. The standard InChI is InChI=1S/C25H25NO7/c1-16(27)32-22-7-4-17(12-23(22)31-3)5-9-24(29)26-11-10-25(15-26)14-20(28)19-13-18(30-2)6-8-21(19)33-25/h4-9,12-13H,10-11,14-15H2,1-3H3/b9-5+. The second kappa shape index (κ2) is 8.97. The van der Waals surface area contributed by atoms with E-state index in [1.54, 1.807) is 54.5 Å². The number of amides is 1. The minimum atomic E-state index is -0.711. The maximum atomic E-state index is 12.8. The monoisotopic (exact) mass is 451 g/mol. The van der Waals surface area contributed by atoms with Gasteiger partial charge in [0.2, 0.25) is 5.91 Å². The SMILES string of the molecule is COc1ccc2c(c1)C(=O)CC1(CCN(C(=O)/C=C/c3ccc(OC(C)=O)c(OC)c3)C1)O2. The highest BCUT2D eigenvalue weighted by Gasteiger charge is 2.46. The number of hydrogen-bond donors (Lipinski definition) is 0. The molecule has 2 aromatic rings. The molecule has 2 heterocycles. The lowest BCUT2D eigenvalue weighted by molar-refractivity contribution is -0.132. The van der Waals surface area contributed by atoms with Crippen molar-refractivity contribution in [3.8, 4) is 23.0 Å². The van der Waals surface area contributed by atoms with Gasteiger partial charge in [-0.15, -0.1) is 0 Å². The van der Waals surface area contributed by atoms with E-state index in [0.29, 0.717) is 48.1 Å². The summed E-state index contributed by atoms with van der Waals surface area (Å²) in [5.41, 5.74) is 0.518. The van der Waals surface area contributed by atoms with Gasteiger partial charge >= 0.3 is 5.97 Å². The van der Waals surface area contributed by atoms with Crippen LogP contribution in [0, 0.1) is 0 Å². The first-order valence-corrected chi connectivity index (χ1v) is 10.6. The molecule has 1 fully saturated rings. The highest BCUT2D eigenvalue weighted by molar-refractivity contribution is 6.01. The van der Waals surface area contributed by atoms with E-state index in [1.165, 1.54) is 20.1 Å². The molecule has 1 atom stereocenters. The van der Waals surface area contributed by atoms with Crippen LogP contribution >= 0.6 is 0 Å². The Morgan fingerprint density at radius 3 is 2.64 bits per heavy atom. The quantitative estimate of drug-likeness (QED) is 0.391. The normalized spacial score (nSPS) is 19.4. The molecule has 0 saturated carbocycles. The summed E-state index contributed by atoms with van der Waals surface area (Å²) in [7, 11) is 3.03. The number of carbonyl (C=O) groups is 3. The van der Waals surface area contributed by atoms with Gasteiger partial charge in [-0.1, -0.05) is 6.07 Å². The third kappa shape index (κ3) is 4.69. The first kappa shape index (κ1) is 22.4. The molecule has 1 spiro atoms. The fraction of sp³-hybridized carbons (Fsp3) is 0.320. The Kier molecular flexibility index (Phi) is 6.09. The molecule has 1 saturated heterocycles. The molecule has 0 aromatic heterocycles. The van der Waals surface area contributed by atoms with Crippen LogP contribution < -0.4 is 18.9 Å². The van der Waals surface area contributed by atoms with Crippen LogP contribution in [0.15, 0.2) is 42.5 Å². The van der Waals surface area contributed by atoms with Gasteiger partial charge in [-0.25, -0.2) is 0 Å². The Balaban J connectivity index is 1.44. The van der Waals surface area contributed by atoms with Crippen molar-refractivity contribution in [3.05, 3.63) is 53.6 Å². The fourth-order valence-electron chi connectivity index (χ4n) is 4.16. The first-order chi connectivity index (χ1) is 15.8. The number of likely N-dealkylation sites (tertiary alicyclic amines) is 1. The summed E-state index contributed by atoms with van der Waals surface area (Å²) >= 11 is 0. The van der Waals surface area contributed by atoms with Crippen molar-refractivity contribution in [1.29, 1.82) is 0 Å². The van der Waals surface area contributed by atoms with Crippen LogP contribution in [0.2, 0.25) is 0 Å². The van der Waals surface area contributed by atoms with E-state index in [0.717, 1.165) is 5.56 Å². The molecule has 8 heteroatoms. The third-order valence-electron chi connectivity index (χ3n) is 5.78. The van der Waals surface area contributed by atoms with Gasteiger partial charge < -0.3 is 23.8 Å². The van der Waals surface area contributed by atoms with Gasteiger partial charge in [0.25, 0.3) is 0 Å². The predicted octanol–water partition coefficient (Wildman–Crippen LogP) is 3.28. The molecule has 0 bridgehead atoms. The molecule has 2 aromatic carbocycles. The minimum absolute atomic E-state index is 0.0139. The Hall–Kier alpha value is -3.81. The van der Waals surface area contributed by atoms with E-state index in [4.69, 9.17) is 18.9 Å². The second-order valence-corrected chi connectivity index (χ2v) is 8.09. The molecule has 8 nitrogen and oxygen atoms in total. The number of Topliss-reactive ketones (excluding diaryl/α,β-unsaturated/α-hetero) is 1. The number of methoxy groups -OCH3 is 2. The van der Waals surface area contributed by atoms with Crippen molar-refractivity contribution in [2.45, 2.75) is 25.4 Å². The molecule has 4 rings (SSSR count). The van der Waals surface area contributed by atoms with Crippen LogP contribution in [-0.4, -0.2) is 55.5 Å². The van der Waals surface area contributed by atoms with Crippen LogP contribution in [0.3, 0.4) is 0 Å². The summed E-state index contributed by atoms with van der Waals surface area (Å²) in [4.78, 5) is 38.4. The predicted molar refractivity (Wildman–Crippen MR) is 120 cm³/mol. The molecular weight excluding hydrogens is 426 g/mol. The molecule has 1 amide bonds. The van der Waals surface area contributed by atoms with Crippen molar-refractivity contribution < 1.29 is 33.3 Å². The molecule has 172 valence electrons. The minimum Gasteiger partial charge on any atom is -0.497 e. The first-order valence-electron chi connectivity index (χ1n) is 10.6. The molecule has 0 N–H and O–H groups in total. The number of benzene rings is 2. The Morgan fingerprint density at radius 1 is 1.09 bits per heavy atom. The topological polar surface area (TPSA) is 91.4 Å². The zero-order valence-electron chi connectivity index (χ0n) is 18.8. The van der Waals surface area contributed by atoms with Crippen LogP contribution in [0.25, 0.3) is 6.08 Å². The highest BCUT2D eigenvalue weighted by atomic mass is 16.6. The van der Waals surface area contributed by atoms with Crippen LogP contribution in [-0.2, 0) is 9.59 Å². The van der Waals surface area contributed by atoms with Crippen molar-refractivity contribution in [3.63, 3.8) is 0 Å².